The van der Waals surface area contributed by atoms with E-state index >= 15 is 0 Å². The second kappa shape index (κ2) is 9.21. The van der Waals surface area contributed by atoms with Gasteiger partial charge in [-0.2, -0.15) is 0 Å². The van der Waals surface area contributed by atoms with Crippen LogP contribution in [0.15, 0.2) is 54.6 Å². The van der Waals surface area contributed by atoms with Crippen molar-refractivity contribution in [2.24, 2.45) is 5.92 Å². The van der Waals surface area contributed by atoms with Crippen molar-refractivity contribution in [2.75, 3.05) is 26.2 Å². The van der Waals surface area contributed by atoms with Crippen molar-refractivity contribution >= 4 is 17.4 Å². The molecule has 0 N–H and O–H groups in total. The van der Waals surface area contributed by atoms with Gasteiger partial charge < -0.3 is 0 Å². The van der Waals surface area contributed by atoms with Crippen LogP contribution in [0.3, 0.4) is 0 Å². The van der Waals surface area contributed by atoms with Crippen LogP contribution in [0.1, 0.15) is 41.6 Å². The number of piperidine rings is 2. The summed E-state index contributed by atoms with van der Waals surface area (Å²) in [6.07, 6.45) is 4.53. The lowest BCUT2D eigenvalue weighted by Gasteiger charge is -2.42. The summed E-state index contributed by atoms with van der Waals surface area (Å²) < 4.78 is 0. The zero-order valence-electron chi connectivity index (χ0n) is 16.4. The van der Waals surface area contributed by atoms with Gasteiger partial charge >= 0.3 is 0 Å². The molecule has 4 heteroatoms. The Labute approximate surface area is 173 Å². The predicted molar refractivity (Wildman–Crippen MR) is 115 cm³/mol. The minimum Gasteiger partial charge on any atom is -0.300 e. The number of benzene rings is 2. The largest absolute Gasteiger partial charge is 0.300 e. The van der Waals surface area contributed by atoms with Crippen molar-refractivity contribution in [1.29, 1.82) is 0 Å². The fraction of sp³-hybridized carbons (Fsp3) is 0.458. The molecule has 1 atom stereocenters. The minimum absolute atomic E-state index is 0.122. The fourth-order valence-electron chi connectivity index (χ4n) is 4.69. The number of carbonyl (C=O) groups is 1. The highest BCUT2D eigenvalue weighted by Gasteiger charge is 2.32. The third-order valence-corrected chi connectivity index (χ3v) is 6.53. The Bertz CT molecular complexity index is 769. The predicted octanol–water partition coefficient (Wildman–Crippen LogP) is 4.90. The monoisotopic (exact) mass is 396 g/mol. The van der Waals surface area contributed by atoms with Gasteiger partial charge in [-0.25, -0.2) is 0 Å². The Morgan fingerprint density at radius 1 is 0.929 bits per heavy atom. The number of hydrogen-bond acceptors (Lipinski definition) is 3. The quantitative estimate of drug-likeness (QED) is 0.671. The molecule has 3 nitrogen and oxygen atoms in total. The van der Waals surface area contributed by atoms with E-state index in [-0.39, 0.29) is 11.7 Å². The maximum absolute atomic E-state index is 12.9. The van der Waals surface area contributed by atoms with Crippen molar-refractivity contribution in [2.45, 2.75) is 38.3 Å². The molecule has 0 amide bonds. The molecule has 1 unspecified atom stereocenters. The lowest BCUT2D eigenvalue weighted by molar-refractivity contribution is 0.0584. The van der Waals surface area contributed by atoms with Crippen LogP contribution in [0.25, 0.3) is 0 Å². The SMILES string of the molecule is O=C(c1ccc(Cl)cc1)C1CCCN(C2CCN(Cc3ccccc3)CC2)C1. The number of likely N-dealkylation sites (tertiary alicyclic amines) is 2. The Kier molecular flexibility index (Phi) is 6.46. The highest BCUT2D eigenvalue weighted by Crippen LogP contribution is 2.27. The molecule has 148 valence electrons. The molecule has 28 heavy (non-hydrogen) atoms. The lowest BCUT2D eigenvalue weighted by Crippen LogP contribution is -2.49. The Hall–Kier alpha value is -1.68. The molecular weight excluding hydrogens is 368 g/mol. The van der Waals surface area contributed by atoms with E-state index in [9.17, 15) is 4.79 Å². The topological polar surface area (TPSA) is 23.6 Å². The standard InChI is InChI=1S/C24H29ClN2O/c25-22-10-8-20(9-11-22)24(28)21-7-4-14-27(18-21)23-12-15-26(16-13-23)17-19-5-2-1-3-6-19/h1-3,5-6,8-11,21,23H,4,7,12-18H2. The van der Waals surface area contributed by atoms with Gasteiger partial charge in [0.05, 0.1) is 0 Å². The van der Waals surface area contributed by atoms with Crippen LogP contribution in [0, 0.1) is 5.92 Å². The first kappa shape index (κ1) is 19.6. The van der Waals surface area contributed by atoms with Gasteiger partial charge in [0.15, 0.2) is 5.78 Å². The smallest absolute Gasteiger partial charge is 0.167 e. The second-order valence-corrected chi connectivity index (χ2v) is 8.63. The van der Waals surface area contributed by atoms with Crippen molar-refractivity contribution < 1.29 is 4.79 Å². The third kappa shape index (κ3) is 4.83. The summed E-state index contributed by atoms with van der Waals surface area (Å²) in [5, 5.41) is 0.684. The number of carbonyl (C=O) groups excluding carboxylic acids is 1. The van der Waals surface area contributed by atoms with Gasteiger partial charge in [0.25, 0.3) is 0 Å². The summed E-state index contributed by atoms with van der Waals surface area (Å²) >= 11 is 5.97. The normalized spacial score (nSPS) is 22.2. The van der Waals surface area contributed by atoms with Gasteiger partial charge in [-0.05, 0) is 75.1 Å². The highest BCUT2D eigenvalue weighted by molar-refractivity contribution is 6.30. The summed E-state index contributed by atoms with van der Waals surface area (Å²) in [5.74, 6) is 0.403. The van der Waals surface area contributed by atoms with Crippen LogP contribution in [-0.4, -0.2) is 47.8 Å². The van der Waals surface area contributed by atoms with Crippen LogP contribution in [0.5, 0.6) is 0 Å². The molecule has 2 aliphatic rings. The van der Waals surface area contributed by atoms with E-state index in [1.54, 1.807) is 0 Å². The lowest BCUT2D eigenvalue weighted by atomic mass is 9.88. The van der Waals surface area contributed by atoms with Crippen molar-refractivity contribution in [3.63, 3.8) is 0 Å². The maximum atomic E-state index is 12.9. The van der Waals surface area contributed by atoms with E-state index in [1.807, 2.05) is 24.3 Å². The molecule has 0 saturated carbocycles. The first-order chi connectivity index (χ1) is 13.7. The highest BCUT2D eigenvalue weighted by atomic mass is 35.5. The molecule has 0 aromatic heterocycles. The summed E-state index contributed by atoms with van der Waals surface area (Å²) in [6.45, 7) is 5.38. The molecule has 2 saturated heterocycles. The van der Waals surface area contributed by atoms with Crippen molar-refractivity contribution in [3.05, 3.63) is 70.7 Å². The number of Topliss-reactive ketones (excluding diaryl/α,β-unsaturated/α-hetero) is 1. The molecule has 2 heterocycles. The van der Waals surface area contributed by atoms with Crippen LogP contribution < -0.4 is 0 Å². The van der Waals surface area contributed by atoms with Crippen LogP contribution in [0.2, 0.25) is 5.02 Å². The average Bonchev–Trinajstić information content (AvgIpc) is 2.75. The number of rotatable bonds is 5. The van der Waals surface area contributed by atoms with Gasteiger partial charge in [0, 0.05) is 35.6 Å². The zero-order chi connectivity index (χ0) is 19.3. The molecule has 0 bridgehead atoms. The fourth-order valence-corrected chi connectivity index (χ4v) is 4.81. The Morgan fingerprint density at radius 2 is 1.64 bits per heavy atom. The van der Waals surface area contributed by atoms with Crippen LogP contribution >= 0.6 is 11.6 Å². The first-order valence-electron chi connectivity index (χ1n) is 10.5. The van der Waals surface area contributed by atoms with E-state index in [4.69, 9.17) is 11.6 Å². The molecular formula is C24H29ClN2O. The molecule has 0 spiro atoms. The first-order valence-corrected chi connectivity index (χ1v) is 10.9. The van der Waals surface area contributed by atoms with E-state index in [2.05, 4.69) is 40.1 Å². The van der Waals surface area contributed by atoms with E-state index in [1.165, 1.54) is 18.4 Å². The van der Waals surface area contributed by atoms with Gasteiger partial charge in [0.2, 0.25) is 0 Å². The van der Waals surface area contributed by atoms with E-state index < -0.39 is 0 Å². The van der Waals surface area contributed by atoms with E-state index in [0.29, 0.717) is 11.1 Å². The summed E-state index contributed by atoms with van der Waals surface area (Å²) in [5.41, 5.74) is 2.20. The van der Waals surface area contributed by atoms with Gasteiger partial charge in [0.1, 0.15) is 0 Å². The third-order valence-electron chi connectivity index (χ3n) is 6.27. The molecule has 4 rings (SSSR count). The summed E-state index contributed by atoms with van der Waals surface area (Å²) in [6, 6.07) is 18.7. The Balaban J connectivity index is 1.30. The van der Waals surface area contributed by atoms with Crippen molar-refractivity contribution in [3.8, 4) is 0 Å². The average molecular weight is 397 g/mol. The van der Waals surface area contributed by atoms with E-state index in [0.717, 1.165) is 51.1 Å². The van der Waals surface area contributed by atoms with Gasteiger partial charge in [-0.1, -0.05) is 41.9 Å². The summed E-state index contributed by atoms with van der Waals surface area (Å²) in [4.78, 5) is 18.1. The molecule has 2 aromatic rings. The minimum atomic E-state index is 0.122. The molecule has 2 aromatic carbocycles. The summed E-state index contributed by atoms with van der Waals surface area (Å²) in [7, 11) is 0. The molecule has 2 fully saturated rings. The molecule has 0 radical (unpaired) electrons. The van der Waals surface area contributed by atoms with Crippen molar-refractivity contribution in [1.82, 2.24) is 9.80 Å². The Morgan fingerprint density at radius 3 is 2.36 bits per heavy atom. The number of nitrogens with zero attached hydrogens (tertiary/aromatic N) is 2. The number of ketones is 1. The van der Waals surface area contributed by atoms with Gasteiger partial charge in [-0.3, -0.25) is 14.6 Å². The molecule has 2 aliphatic heterocycles. The molecule has 0 aliphatic carbocycles. The number of hydrogen-bond donors (Lipinski definition) is 0. The van der Waals surface area contributed by atoms with Gasteiger partial charge in [-0.15, -0.1) is 0 Å². The zero-order valence-corrected chi connectivity index (χ0v) is 17.2. The van der Waals surface area contributed by atoms with Crippen LogP contribution in [-0.2, 0) is 6.54 Å². The maximum Gasteiger partial charge on any atom is 0.167 e. The van der Waals surface area contributed by atoms with Crippen LogP contribution in [0.4, 0.5) is 0 Å². The number of halogens is 1. The second-order valence-electron chi connectivity index (χ2n) is 8.20.